The number of methoxy groups -OCH3 is 1. The van der Waals surface area contributed by atoms with E-state index >= 15 is 0 Å². The maximum Gasteiger partial charge on any atom is 0.0670 e. The molecule has 1 aliphatic rings. The second-order valence-corrected chi connectivity index (χ2v) is 4.33. The Morgan fingerprint density at radius 2 is 1.80 bits per heavy atom. The number of hydrogen-bond donors (Lipinski definition) is 1. The van der Waals surface area contributed by atoms with E-state index in [1.807, 2.05) is 0 Å². The third-order valence-corrected chi connectivity index (χ3v) is 3.06. The van der Waals surface area contributed by atoms with E-state index in [1.54, 1.807) is 7.11 Å². The van der Waals surface area contributed by atoms with Crippen LogP contribution in [-0.2, 0) is 4.74 Å². The van der Waals surface area contributed by atoms with Crippen molar-refractivity contribution in [2.45, 2.75) is 19.4 Å². The summed E-state index contributed by atoms with van der Waals surface area (Å²) in [4.78, 5) is 4.98. The van der Waals surface area contributed by atoms with Gasteiger partial charge >= 0.3 is 0 Å². The van der Waals surface area contributed by atoms with E-state index < -0.39 is 0 Å². The molecule has 0 amide bonds. The van der Waals surface area contributed by atoms with Crippen molar-refractivity contribution in [3.63, 3.8) is 0 Å². The Kier molecular flexibility index (Phi) is 6.17. The molecule has 0 radical (unpaired) electrons. The quantitative estimate of drug-likeness (QED) is 0.676. The minimum atomic E-state index is 0.348. The van der Waals surface area contributed by atoms with Gasteiger partial charge in [-0.05, 0) is 26.4 Å². The summed E-state index contributed by atoms with van der Waals surface area (Å²) in [6, 6.07) is 0. The molecule has 4 nitrogen and oxygen atoms in total. The van der Waals surface area contributed by atoms with Crippen molar-refractivity contribution in [2.24, 2.45) is 5.73 Å². The van der Waals surface area contributed by atoms with Crippen LogP contribution < -0.4 is 5.73 Å². The van der Waals surface area contributed by atoms with Crippen molar-refractivity contribution in [3.8, 4) is 0 Å². The van der Waals surface area contributed by atoms with Crippen LogP contribution in [0, 0.1) is 0 Å². The van der Waals surface area contributed by atoms with Crippen LogP contribution in [0.15, 0.2) is 0 Å². The predicted octanol–water partition coefficient (Wildman–Crippen LogP) is -0.0123. The van der Waals surface area contributed by atoms with Gasteiger partial charge in [0.1, 0.15) is 0 Å². The zero-order valence-corrected chi connectivity index (χ0v) is 10.1. The molecule has 90 valence electrons. The average molecular weight is 215 g/mol. The lowest BCUT2D eigenvalue weighted by molar-refractivity contribution is 0.0525. The summed E-state index contributed by atoms with van der Waals surface area (Å²) < 4.78 is 5.27. The maximum atomic E-state index is 5.50. The summed E-state index contributed by atoms with van der Waals surface area (Å²) in [6.07, 6.45) is 1.47. The van der Waals surface area contributed by atoms with Crippen LogP contribution in [0.3, 0.4) is 0 Å². The molecule has 0 saturated carbocycles. The normalized spacial score (nSPS) is 21.8. The topological polar surface area (TPSA) is 41.7 Å². The van der Waals surface area contributed by atoms with Gasteiger partial charge in [-0.1, -0.05) is 0 Å². The fourth-order valence-electron chi connectivity index (χ4n) is 1.95. The SMILES string of the molecule is COC(C)CN1CCN(CCCN)CC1. The lowest BCUT2D eigenvalue weighted by Crippen LogP contribution is -2.48. The van der Waals surface area contributed by atoms with Crippen LogP contribution in [0.25, 0.3) is 0 Å². The van der Waals surface area contributed by atoms with E-state index in [1.165, 1.54) is 13.1 Å². The number of nitrogens with two attached hydrogens (primary N) is 1. The fraction of sp³-hybridized carbons (Fsp3) is 1.00. The zero-order valence-electron chi connectivity index (χ0n) is 10.1. The van der Waals surface area contributed by atoms with Crippen molar-refractivity contribution in [1.82, 2.24) is 9.80 Å². The number of ether oxygens (including phenoxy) is 1. The van der Waals surface area contributed by atoms with Gasteiger partial charge in [0, 0.05) is 39.8 Å². The third-order valence-electron chi connectivity index (χ3n) is 3.06. The van der Waals surface area contributed by atoms with Gasteiger partial charge in [-0.2, -0.15) is 0 Å². The molecule has 1 aliphatic heterocycles. The monoisotopic (exact) mass is 215 g/mol. The zero-order chi connectivity index (χ0) is 11.1. The second kappa shape index (κ2) is 7.17. The molecule has 1 atom stereocenters. The van der Waals surface area contributed by atoms with Crippen molar-refractivity contribution in [1.29, 1.82) is 0 Å². The summed E-state index contributed by atoms with van der Waals surface area (Å²) >= 11 is 0. The Morgan fingerprint density at radius 3 is 2.33 bits per heavy atom. The Morgan fingerprint density at radius 1 is 1.20 bits per heavy atom. The average Bonchev–Trinajstić information content (AvgIpc) is 2.28. The Hall–Kier alpha value is -0.160. The molecule has 1 rings (SSSR count). The molecule has 1 heterocycles. The fourth-order valence-corrected chi connectivity index (χ4v) is 1.95. The van der Waals surface area contributed by atoms with Crippen molar-refractivity contribution in [3.05, 3.63) is 0 Å². The summed E-state index contributed by atoms with van der Waals surface area (Å²) in [7, 11) is 1.78. The highest BCUT2D eigenvalue weighted by atomic mass is 16.5. The van der Waals surface area contributed by atoms with Crippen LogP contribution in [0.1, 0.15) is 13.3 Å². The molecule has 4 heteroatoms. The lowest BCUT2D eigenvalue weighted by atomic mass is 10.2. The standard InChI is InChI=1S/C11H25N3O/c1-11(15-2)10-14-8-6-13(7-9-14)5-3-4-12/h11H,3-10,12H2,1-2H3. The molecule has 0 aromatic rings. The van der Waals surface area contributed by atoms with Gasteiger partial charge in [0.05, 0.1) is 6.10 Å². The van der Waals surface area contributed by atoms with E-state index in [2.05, 4.69) is 16.7 Å². The van der Waals surface area contributed by atoms with E-state index in [0.29, 0.717) is 6.10 Å². The summed E-state index contributed by atoms with van der Waals surface area (Å²) in [5.74, 6) is 0. The van der Waals surface area contributed by atoms with Gasteiger partial charge in [-0.15, -0.1) is 0 Å². The Labute approximate surface area is 93.4 Å². The smallest absolute Gasteiger partial charge is 0.0670 e. The first-order valence-corrected chi connectivity index (χ1v) is 5.94. The Balaban J connectivity index is 2.12. The van der Waals surface area contributed by atoms with Crippen molar-refractivity contribution in [2.75, 3.05) is 52.9 Å². The van der Waals surface area contributed by atoms with Crippen molar-refractivity contribution < 1.29 is 4.74 Å². The molecule has 0 spiro atoms. The molecule has 1 unspecified atom stereocenters. The van der Waals surface area contributed by atoms with Crippen LogP contribution >= 0.6 is 0 Å². The number of hydrogen-bond acceptors (Lipinski definition) is 4. The molecule has 0 bridgehead atoms. The minimum absolute atomic E-state index is 0.348. The van der Waals surface area contributed by atoms with E-state index in [-0.39, 0.29) is 0 Å². The first kappa shape index (κ1) is 12.9. The molecular weight excluding hydrogens is 190 g/mol. The maximum absolute atomic E-state index is 5.50. The largest absolute Gasteiger partial charge is 0.380 e. The molecule has 1 fully saturated rings. The molecule has 0 aromatic heterocycles. The van der Waals surface area contributed by atoms with Crippen LogP contribution in [0.4, 0.5) is 0 Å². The van der Waals surface area contributed by atoms with Gasteiger partial charge in [-0.25, -0.2) is 0 Å². The van der Waals surface area contributed by atoms with Gasteiger partial charge in [-0.3, -0.25) is 4.90 Å². The molecule has 0 aliphatic carbocycles. The highest BCUT2D eigenvalue weighted by Gasteiger charge is 2.17. The first-order valence-electron chi connectivity index (χ1n) is 5.94. The van der Waals surface area contributed by atoms with Gasteiger partial charge in [0.15, 0.2) is 0 Å². The lowest BCUT2D eigenvalue weighted by Gasteiger charge is -2.35. The second-order valence-electron chi connectivity index (χ2n) is 4.33. The molecular formula is C11H25N3O. The number of nitrogens with zero attached hydrogens (tertiary/aromatic N) is 2. The predicted molar refractivity (Wildman–Crippen MR) is 63.0 cm³/mol. The molecule has 0 aromatic carbocycles. The molecule has 15 heavy (non-hydrogen) atoms. The van der Waals surface area contributed by atoms with E-state index in [4.69, 9.17) is 10.5 Å². The minimum Gasteiger partial charge on any atom is -0.380 e. The van der Waals surface area contributed by atoms with E-state index in [0.717, 1.165) is 39.1 Å². The van der Waals surface area contributed by atoms with E-state index in [9.17, 15) is 0 Å². The van der Waals surface area contributed by atoms with Crippen LogP contribution in [0.2, 0.25) is 0 Å². The summed E-state index contributed by atoms with van der Waals surface area (Å²) in [6.45, 7) is 9.83. The molecule has 1 saturated heterocycles. The molecule has 2 N–H and O–H groups in total. The van der Waals surface area contributed by atoms with Gasteiger partial charge in [0.2, 0.25) is 0 Å². The first-order chi connectivity index (χ1) is 7.26. The highest BCUT2D eigenvalue weighted by molar-refractivity contribution is 4.73. The van der Waals surface area contributed by atoms with Crippen LogP contribution in [0.5, 0.6) is 0 Å². The number of piperazine rings is 1. The van der Waals surface area contributed by atoms with Crippen molar-refractivity contribution >= 4 is 0 Å². The Bertz CT molecular complexity index is 158. The van der Waals surface area contributed by atoms with Crippen LogP contribution in [-0.4, -0.2) is 68.8 Å². The van der Waals surface area contributed by atoms with Gasteiger partial charge in [0.25, 0.3) is 0 Å². The number of rotatable bonds is 6. The summed E-state index contributed by atoms with van der Waals surface area (Å²) in [5.41, 5.74) is 5.50. The summed E-state index contributed by atoms with van der Waals surface area (Å²) in [5, 5.41) is 0. The highest BCUT2D eigenvalue weighted by Crippen LogP contribution is 2.04. The third kappa shape index (κ3) is 4.93. The van der Waals surface area contributed by atoms with Gasteiger partial charge < -0.3 is 15.4 Å².